The van der Waals surface area contributed by atoms with Crippen molar-refractivity contribution in [2.24, 2.45) is 18.9 Å². The molecule has 2 N–H and O–H groups in total. The molecule has 2 heterocycles. The molecule has 3 rings (SSSR count). The van der Waals surface area contributed by atoms with Gasteiger partial charge in [0.25, 0.3) is 0 Å². The fraction of sp³-hybridized carbons (Fsp3) is 0.591. The zero-order valence-electron chi connectivity index (χ0n) is 19.0. The second-order valence-electron chi connectivity index (χ2n) is 8.56. The highest BCUT2D eigenvalue weighted by Crippen LogP contribution is 2.29. The number of ether oxygens (including phenoxy) is 2. The Kier molecular flexibility index (Phi) is 7.66. The number of rotatable bonds is 8. The molecule has 10 nitrogen and oxygen atoms in total. The second kappa shape index (κ2) is 10.4. The molecular formula is C22H31N5O5. The van der Waals surface area contributed by atoms with Crippen LogP contribution in [-0.2, 0) is 23.1 Å². The number of aromatic nitrogens is 4. The number of carbonyl (C=O) groups is 2. The van der Waals surface area contributed by atoms with E-state index in [1.807, 2.05) is 13.8 Å². The van der Waals surface area contributed by atoms with E-state index in [0.717, 1.165) is 24.1 Å². The first-order valence-corrected chi connectivity index (χ1v) is 10.9. The van der Waals surface area contributed by atoms with Crippen LogP contribution >= 0.6 is 0 Å². The molecule has 1 saturated carbocycles. The molecule has 0 radical (unpaired) electrons. The van der Waals surface area contributed by atoms with Crippen molar-refractivity contribution < 1.29 is 24.2 Å². The third-order valence-corrected chi connectivity index (χ3v) is 5.44. The number of nitrogens with zero attached hydrogens (tertiary/aromatic N) is 4. The van der Waals surface area contributed by atoms with E-state index >= 15 is 0 Å². The maximum absolute atomic E-state index is 11.9. The monoisotopic (exact) mass is 445 g/mol. The Balaban J connectivity index is 1.68. The Morgan fingerprint density at radius 3 is 2.78 bits per heavy atom. The molecule has 1 aliphatic carbocycles. The molecular weight excluding hydrogens is 414 g/mol. The van der Waals surface area contributed by atoms with Crippen LogP contribution in [0.5, 0.6) is 5.88 Å². The number of amides is 1. The lowest BCUT2D eigenvalue weighted by Crippen LogP contribution is -2.30. The summed E-state index contributed by atoms with van der Waals surface area (Å²) in [5.41, 5.74) is 2.74. The first-order chi connectivity index (χ1) is 15.2. The highest BCUT2D eigenvalue weighted by molar-refractivity contribution is 5.70. The minimum absolute atomic E-state index is 0.182. The predicted octanol–water partition coefficient (Wildman–Crippen LogP) is 3.09. The predicted molar refractivity (Wildman–Crippen MR) is 116 cm³/mol. The lowest BCUT2D eigenvalue weighted by Gasteiger charge is -2.27. The minimum Gasteiger partial charge on any atom is -0.481 e. The molecule has 0 unspecified atom stereocenters. The van der Waals surface area contributed by atoms with Gasteiger partial charge in [0.05, 0.1) is 42.9 Å². The Morgan fingerprint density at radius 1 is 1.31 bits per heavy atom. The number of carbonyl (C=O) groups excluding carboxylic acids is 1. The molecule has 2 aromatic rings. The van der Waals surface area contributed by atoms with Crippen molar-refractivity contribution in [1.29, 1.82) is 0 Å². The van der Waals surface area contributed by atoms with Gasteiger partial charge in [-0.05, 0) is 38.5 Å². The third-order valence-electron chi connectivity index (χ3n) is 5.44. The molecule has 0 saturated heterocycles. The Labute approximate surface area is 187 Å². The molecule has 1 amide bonds. The van der Waals surface area contributed by atoms with Crippen molar-refractivity contribution in [2.45, 2.75) is 59.1 Å². The van der Waals surface area contributed by atoms with E-state index in [4.69, 9.17) is 9.47 Å². The Morgan fingerprint density at radius 2 is 2.09 bits per heavy atom. The van der Waals surface area contributed by atoms with Crippen LogP contribution in [0.2, 0.25) is 0 Å². The highest BCUT2D eigenvalue weighted by atomic mass is 16.5. The van der Waals surface area contributed by atoms with E-state index in [2.05, 4.69) is 20.4 Å². The summed E-state index contributed by atoms with van der Waals surface area (Å²) in [4.78, 5) is 32.3. The van der Waals surface area contributed by atoms with Gasteiger partial charge in [0, 0.05) is 12.6 Å². The van der Waals surface area contributed by atoms with Crippen molar-refractivity contribution in [3.63, 3.8) is 0 Å². The summed E-state index contributed by atoms with van der Waals surface area (Å²) in [5, 5.41) is 16.3. The molecule has 1 aliphatic rings. The molecule has 0 aliphatic heterocycles. The zero-order valence-corrected chi connectivity index (χ0v) is 19.0. The molecule has 0 spiro atoms. The molecule has 2 aromatic heterocycles. The van der Waals surface area contributed by atoms with Crippen LogP contribution in [0.1, 0.15) is 50.9 Å². The van der Waals surface area contributed by atoms with Gasteiger partial charge in [-0.1, -0.05) is 13.8 Å². The van der Waals surface area contributed by atoms with E-state index in [-0.39, 0.29) is 24.5 Å². The number of nitrogens with one attached hydrogen (secondary N) is 1. The molecule has 1 fully saturated rings. The van der Waals surface area contributed by atoms with Gasteiger partial charge in [0.2, 0.25) is 5.88 Å². The number of carboxylic acid groups (broad SMARTS) is 1. The average molecular weight is 446 g/mol. The largest absolute Gasteiger partial charge is 0.481 e. The normalized spacial score (nSPS) is 18.4. The summed E-state index contributed by atoms with van der Waals surface area (Å²) in [6, 6.07) is 0. The third kappa shape index (κ3) is 5.95. The van der Waals surface area contributed by atoms with Crippen LogP contribution in [0.15, 0.2) is 12.4 Å². The van der Waals surface area contributed by atoms with Gasteiger partial charge in [0.1, 0.15) is 11.8 Å². The number of aliphatic carboxylic acids is 1. The number of hydrogen-bond donors (Lipinski definition) is 2. The maximum Gasteiger partial charge on any atom is 0.407 e. The van der Waals surface area contributed by atoms with Crippen molar-refractivity contribution >= 4 is 12.1 Å². The van der Waals surface area contributed by atoms with Crippen molar-refractivity contribution in [3.05, 3.63) is 23.8 Å². The average Bonchev–Trinajstić information content (AvgIpc) is 3.12. The van der Waals surface area contributed by atoms with Crippen LogP contribution in [0.4, 0.5) is 4.79 Å². The van der Waals surface area contributed by atoms with Gasteiger partial charge in [-0.2, -0.15) is 5.10 Å². The van der Waals surface area contributed by atoms with Gasteiger partial charge in [-0.15, -0.1) is 0 Å². The van der Waals surface area contributed by atoms with E-state index in [1.54, 1.807) is 31.0 Å². The van der Waals surface area contributed by atoms with Gasteiger partial charge in [-0.25, -0.2) is 14.8 Å². The lowest BCUT2D eigenvalue weighted by atomic mass is 9.87. The SMILES string of the molecule is Cc1nc(-c2cnn(C)c2CNC(=O)OCC(C)C)cnc1O[C@H]1CCC[C@H](C(=O)O)C1. The van der Waals surface area contributed by atoms with Crippen molar-refractivity contribution in [2.75, 3.05) is 6.61 Å². The molecule has 2 atom stereocenters. The fourth-order valence-corrected chi connectivity index (χ4v) is 3.69. The van der Waals surface area contributed by atoms with Crippen molar-refractivity contribution in [1.82, 2.24) is 25.1 Å². The van der Waals surface area contributed by atoms with E-state index in [0.29, 0.717) is 36.7 Å². The summed E-state index contributed by atoms with van der Waals surface area (Å²) in [6.07, 6.45) is 5.40. The van der Waals surface area contributed by atoms with Gasteiger partial charge in [-0.3, -0.25) is 9.48 Å². The van der Waals surface area contributed by atoms with Gasteiger partial charge >= 0.3 is 12.1 Å². The summed E-state index contributed by atoms with van der Waals surface area (Å²) in [7, 11) is 1.79. The van der Waals surface area contributed by atoms with Crippen LogP contribution in [-0.4, -0.2) is 49.6 Å². The second-order valence-corrected chi connectivity index (χ2v) is 8.56. The van der Waals surface area contributed by atoms with Gasteiger partial charge in [0.15, 0.2) is 0 Å². The number of aryl methyl sites for hydroxylation is 2. The summed E-state index contributed by atoms with van der Waals surface area (Å²) in [5.74, 6) is -0.484. The summed E-state index contributed by atoms with van der Waals surface area (Å²) < 4.78 is 12.8. The zero-order chi connectivity index (χ0) is 23.3. The quantitative estimate of drug-likeness (QED) is 0.634. The maximum atomic E-state index is 11.9. The standard InChI is InChI=1S/C22H31N5O5/c1-13(2)12-31-22(30)24-11-19-17(9-25-27(19)4)18-10-23-20(14(3)26-18)32-16-7-5-6-15(8-16)21(28)29/h9-10,13,15-16H,5-8,11-12H2,1-4H3,(H,24,30)(H,28,29)/t15-,16-/m0/s1. The van der Waals surface area contributed by atoms with Crippen LogP contribution in [0.25, 0.3) is 11.3 Å². The molecule has 174 valence electrons. The minimum atomic E-state index is -0.776. The summed E-state index contributed by atoms with van der Waals surface area (Å²) in [6.45, 7) is 6.34. The van der Waals surface area contributed by atoms with E-state index < -0.39 is 12.1 Å². The molecule has 32 heavy (non-hydrogen) atoms. The van der Waals surface area contributed by atoms with Crippen LogP contribution in [0, 0.1) is 18.8 Å². The topological polar surface area (TPSA) is 128 Å². The van der Waals surface area contributed by atoms with Crippen LogP contribution in [0.3, 0.4) is 0 Å². The molecule has 10 heteroatoms. The fourth-order valence-electron chi connectivity index (χ4n) is 3.69. The van der Waals surface area contributed by atoms with Crippen LogP contribution < -0.4 is 10.1 Å². The number of alkyl carbamates (subject to hydrolysis) is 1. The molecule has 0 bridgehead atoms. The highest BCUT2D eigenvalue weighted by Gasteiger charge is 2.29. The Bertz CT molecular complexity index is 958. The molecule has 0 aromatic carbocycles. The first kappa shape index (κ1) is 23.5. The number of hydrogen-bond acceptors (Lipinski definition) is 7. The summed E-state index contributed by atoms with van der Waals surface area (Å²) >= 11 is 0. The van der Waals surface area contributed by atoms with Gasteiger partial charge < -0.3 is 19.9 Å². The van der Waals surface area contributed by atoms with E-state index in [1.165, 1.54) is 0 Å². The Hall–Kier alpha value is -3.17. The smallest absolute Gasteiger partial charge is 0.407 e. The number of carboxylic acids is 1. The van der Waals surface area contributed by atoms with E-state index in [9.17, 15) is 14.7 Å². The van der Waals surface area contributed by atoms with Crippen molar-refractivity contribution in [3.8, 4) is 17.1 Å². The lowest BCUT2D eigenvalue weighted by molar-refractivity contribution is -0.143. The first-order valence-electron chi connectivity index (χ1n) is 10.9.